The van der Waals surface area contributed by atoms with E-state index < -0.39 is 0 Å². The highest BCUT2D eigenvalue weighted by atomic mass is 32.1. The molecule has 0 aliphatic heterocycles. The van der Waals surface area contributed by atoms with E-state index in [4.69, 9.17) is 0 Å². The van der Waals surface area contributed by atoms with Gasteiger partial charge in [-0.1, -0.05) is 11.3 Å². The minimum Gasteiger partial charge on any atom is -0.363 e. The number of anilines is 1. The van der Waals surface area contributed by atoms with E-state index in [1.807, 2.05) is 14.0 Å². The van der Waals surface area contributed by atoms with Crippen LogP contribution in [0.1, 0.15) is 5.82 Å². The van der Waals surface area contributed by atoms with Crippen LogP contribution in [0.5, 0.6) is 0 Å². The van der Waals surface area contributed by atoms with Gasteiger partial charge in [0.25, 0.3) is 0 Å². The van der Waals surface area contributed by atoms with Crippen molar-refractivity contribution in [3.8, 4) is 10.6 Å². The van der Waals surface area contributed by atoms with Crippen LogP contribution in [-0.4, -0.2) is 27.2 Å². The lowest BCUT2D eigenvalue weighted by atomic mass is 10.4. The summed E-state index contributed by atoms with van der Waals surface area (Å²) >= 11 is 1.48. The molecule has 0 amide bonds. The first-order valence-electron chi connectivity index (χ1n) is 4.10. The van der Waals surface area contributed by atoms with Gasteiger partial charge in [-0.15, -0.1) is 10.2 Å². The van der Waals surface area contributed by atoms with Crippen LogP contribution >= 0.6 is 11.3 Å². The molecule has 0 atom stereocenters. The molecular formula is C8H9N5S. The van der Waals surface area contributed by atoms with Crippen molar-refractivity contribution < 1.29 is 0 Å². The minimum absolute atomic E-state index is 0.757. The first-order valence-corrected chi connectivity index (χ1v) is 4.91. The highest BCUT2D eigenvalue weighted by Crippen LogP contribution is 2.24. The Balaban J connectivity index is 2.34. The first-order chi connectivity index (χ1) is 6.79. The van der Waals surface area contributed by atoms with E-state index in [2.05, 4.69) is 25.5 Å². The van der Waals surface area contributed by atoms with Crippen molar-refractivity contribution in [3.05, 3.63) is 18.2 Å². The second-order valence-electron chi connectivity index (χ2n) is 2.68. The molecule has 0 fully saturated rings. The number of rotatable bonds is 2. The Labute approximate surface area is 85.3 Å². The summed E-state index contributed by atoms with van der Waals surface area (Å²) in [6, 6.07) is 0. The van der Waals surface area contributed by atoms with E-state index in [0.717, 1.165) is 21.5 Å². The second kappa shape index (κ2) is 3.67. The monoisotopic (exact) mass is 207 g/mol. The van der Waals surface area contributed by atoms with Gasteiger partial charge < -0.3 is 5.32 Å². The second-order valence-corrected chi connectivity index (χ2v) is 3.66. The summed E-state index contributed by atoms with van der Waals surface area (Å²) in [6.07, 6.45) is 3.50. The number of nitrogens with one attached hydrogen (secondary N) is 1. The minimum atomic E-state index is 0.757. The first kappa shape index (κ1) is 9.01. The quantitative estimate of drug-likeness (QED) is 0.805. The molecule has 2 heterocycles. The van der Waals surface area contributed by atoms with Gasteiger partial charge in [0.2, 0.25) is 5.13 Å². The van der Waals surface area contributed by atoms with Crippen LogP contribution < -0.4 is 5.32 Å². The van der Waals surface area contributed by atoms with Crippen molar-refractivity contribution in [1.82, 2.24) is 20.2 Å². The zero-order valence-corrected chi connectivity index (χ0v) is 8.67. The molecule has 6 heteroatoms. The van der Waals surface area contributed by atoms with Gasteiger partial charge in [-0.3, -0.25) is 0 Å². The normalized spacial score (nSPS) is 10.1. The van der Waals surface area contributed by atoms with Crippen LogP contribution in [0.3, 0.4) is 0 Å². The Hall–Kier alpha value is -1.56. The van der Waals surface area contributed by atoms with Crippen LogP contribution in [0.2, 0.25) is 0 Å². The molecule has 14 heavy (non-hydrogen) atoms. The van der Waals surface area contributed by atoms with Crippen LogP contribution in [-0.2, 0) is 0 Å². The fourth-order valence-electron chi connectivity index (χ4n) is 0.944. The third-order valence-electron chi connectivity index (χ3n) is 1.67. The van der Waals surface area contributed by atoms with Crippen LogP contribution in [0.15, 0.2) is 12.4 Å². The topological polar surface area (TPSA) is 63.6 Å². The van der Waals surface area contributed by atoms with Crippen molar-refractivity contribution >= 4 is 16.5 Å². The summed E-state index contributed by atoms with van der Waals surface area (Å²) in [7, 11) is 1.82. The predicted octanol–water partition coefficient (Wildman–Crippen LogP) is 1.35. The van der Waals surface area contributed by atoms with Gasteiger partial charge >= 0.3 is 0 Å². The maximum atomic E-state index is 4.10. The summed E-state index contributed by atoms with van der Waals surface area (Å²) in [5.41, 5.74) is 0.898. The van der Waals surface area contributed by atoms with Gasteiger partial charge in [-0.05, 0) is 6.92 Å². The SMILES string of the molecule is CNc1nnc(-c2cnc(C)nc2)s1. The molecule has 0 aromatic carbocycles. The van der Waals surface area contributed by atoms with Crippen molar-refractivity contribution in [3.63, 3.8) is 0 Å². The molecule has 2 aromatic heterocycles. The maximum Gasteiger partial charge on any atom is 0.205 e. The van der Waals surface area contributed by atoms with E-state index >= 15 is 0 Å². The molecule has 0 saturated heterocycles. The Kier molecular flexibility index (Phi) is 2.36. The van der Waals surface area contributed by atoms with Gasteiger partial charge in [-0.2, -0.15) is 0 Å². The molecule has 1 N–H and O–H groups in total. The standard InChI is InChI=1S/C8H9N5S/c1-5-10-3-6(4-11-5)7-12-13-8(9-2)14-7/h3-4H,1-2H3,(H,9,13). The van der Waals surface area contributed by atoms with Gasteiger partial charge in [0, 0.05) is 25.0 Å². The van der Waals surface area contributed by atoms with Crippen molar-refractivity contribution in [1.29, 1.82) is 0 Å². The summed E-state index contributed by atoms with van der Waals surface area (Å²) in [4.78, 5) is 8.20. The van der Waals surface area contributed by atoms with E-state index in [1.165, 1.54) is 11.3 Å². The molecule has 0 unspecified atom stereocenters. The lowest BCUT2D eigenvalue weighted by Gasteiger charge is -1.93. The maximum absolute atomic E-state index is 4.10. The van der Waals surface area contributed by atoms with Gasteiger partial charge in [0.05, 0.1) is 0 Å². The van der Waals surface area contributed by atoms with Crippen molar-refractivity contribution in [2.24, 2.45) is 0 Å². The molecule has 0 aliphatic rings. The summed E-state index contributed by atoms with van der Waals surface area (Å²) in [6.45, 7) is 1.85. The Bertz CT molecular complexity index is 422. The van der Waals surface area contributed by atoms with Crippen LogP contribution in [0.4, 0.5) is 5.13 Å². The van der Waals surface area contributed by atoms with Crippen molar-refractivity contribution in [2.75, 3.05) is 12.4 Å². The highest BCUT2D eigenvalue weighted by Gasteiger charge is 2.05. The molecule has 0 bridgehead atoms. The highest BCUT2D eigenvalue weighted by molar-refractivity contribution is 7.18. The molecule has 0 radical (unpaired) electrons. The lowest BCUT2D eigenvalue weighted by Crippen LogP contribution is -1.87. The predicted molar refractivity (Wildman–Crippen MR) is 55.2 cm³/mol. The van der Waals surface area contributed by atoms with E-state index in [1.54, 1.807) is 12.4 Å². The number of nitrogens with zero attached hydrogens (tertiary/aromatic N) is 4. The molecular weight excluding hydrogens is 198 g/mol. The third-order valence-corrected chi connectivity index (χ3v) is 2.66. The Morgan fingerprint density at radius 2 is 1.93 bits per heavy atom. The van der Waals surface area contributed by atoms with Crippen LogP contribution in [0.25, 0.3) is 10.6 Å². The average molecular weight is 207 g/mol. The summed E-state index contributed by atoms with van der Waals surface area (Å²) in [5.74, 6) is 0.757. The fourth-order valence-corrected chi connectivity index (χ4v) is 1.62. The zero-order chi connectivity index (χ0) is 9.97. The van der Waals surface area contributed by atoms with Gasteiger partial charge in [0.1, 0.15) is 5.82 Å². The number of hydrogen-bond acceptors (Lipinski definition) is 6. The molecule has 0 spiro atoms. The number of hydrogen-bond donors (Lipinski definition) is 1. The number of aromatic nitrogens is 4. The summed E-state index contributed by atoms with van der Waals surface area (Å²) < 4.78 is 0. The van der Waals surface area contributed by atoms with E-state index in [9.17, 15) is 0 Å². The number of aryl methyl sites for hydroxylation is 1. The third kappa shape index (κ3) is 1.69. The van der Waals surface area contributed by atoms with E-state index in [-0.39, 0.29) is 0 Å². The average Bonchev–Trinajstić information content (AvgIpc) is 2.67. The van der Waals surface area contributed by atoms with Gasteiger partial charge in [-0.25, -0.2) is 9.97 Å². The molecule has 72 valence electrons. The molecule has 2 rings (SSSR count). The summed E-state index contributed by atoms with van der Waals surface area (Å²) in [5, 5.41) is 12.5. The Morgan fingerprint density at radius 3 is 2.50 bits per heavy atom. The van der Waals surface area contributed by atoms with Crippen molar-refractivity contribution in [2.45, 2.75) is 6.92 Å². The van der Waals surface area contributed by atoms with Crippen LogP contribution in [0, 0.1) is 6.92 Å². The molecule has 0 saturated carbocycles. The molecule has 5 nitrogen and oxygen atoms in total. The lowest BCUT2D eigenvalue weighted by molar-refractivity contribution is 1.04. The fraction of sp³-hybridized carbons (Fsp3) is 0.250. The van der Waals surface area contributed by atoms with E-state index in [0.29, 0.717) is 0 Å². The Morgan fingerprint density at radius 1 is 1.21 bits per heavy atom. The molecule has 2 aromatic rings. The van der Waals surface area contributed by atoms with Gasteiger partial charge in [0.15, 0.2) is 5.01 Å². The molecule has 0 aliphatic carbocycles. The zero-order valence-electron chi connectivity index (χ0n) is 7.85. The smallest absolute Gasteiger partial charge is 0.205 e. The largest absolute Gasteiger partial charge is 0.363 e.